The monoisotopic (exact) mass is 387 g/mol. The molecule has 0 bridgehead atoms. The first-order valence-corrected chi connectivity index (χ1v) is 9.12. The number of halogens is 1. The molecule has 3 N–H and O–H groups in total. The van der Waals surface area contributed by atoms with E-state index in [1.54, 1.807) is 24.3 Å². The van der Waals surface area contributed by atoms with Crippen LogP contribution in [0, 0.1) is 12.7 Å². The topological polar surface area (TPSA) is 79.5 Å². The maximum absolute atomic E-state index is 13.7. The van der Waals surface area contributed by atoms with Gasteiger partial charge in [0.05, 0.1) is 7.11 Å². The molecule has 0 aliphatic carbocycles. The number of aryl methyl sites for hydroxylation is 1. The first-order chi connectivity index (χ1) is 13.3. The van der Waals surface area contributed by atoms with Crippen molar-refractivity contribution < 1.29 is 18.7 Å². The minimum Gasteiger partial charge on any atom is -0.494 e. The van der Waals surface area contributed by atoms with Gasteiger partial charge in [-0.3, -0.25) is 4.79 Å². The highest BCUT2D eigenvalue weighted by molar-refractivity contribution is 5.96. The molecule has 0 spiro atoms. The third-order valence-corrected chi connectivity index (χ3v) is 4.40. The number of methoxy groups -OCH3 is 1. The Morgan fingerprint density at radius 3 is 2.54 bits per heavy atom. The molecule has 0 heterocycles. The van der Waals surface area contributed by atoms with Crippen molar-refractivity contribution in [1.82, 2.24) is 10.6 Å². The van der Waals surface area contributed by atoms with Crippen molar-refractivity contribution in [3.63, 3.8) is 0 Å². The molecule has 0 saturated carbocycles. The molecule has 0 saturated heterocycles. The molecule has 150 valence electrons. The van der Waals surface area contributed by atoms with Gasteiger partial charge in [-0.25, -0.2) is 9.18 Å². The van der Waals surface area contributed by atoms with Crippen LogP contribution in [0.1, 0.15) is 41.8 Å². The molecule has 2 aromatic rings. The molecule has 6 nitrogen and oxygen atoms in total. The van der Waals surface area contributed by atoms with Crippen LogP contribution in [0.15, 0.2) is 36.4 Å². The SMILES string of the molecule is CCC(C)NC(=O)c1ccc(NC(=O)NCc2ccc(OC)c(F)c2)c(C)c1. The van der Waals surface area contributed by atoms with Gasteiger partial charge in [-0.05, 0) is 61.7 Å². The standard InChI is InChI=1S/C21H26FN3O3/c1-5-14(3)24-20(26)16-7-8-18(13(2)10-16)25-21(27)23-12-15-6-9-19(28-4)17(22)11-15/h6-11,14H,5,12H2,1-4H3,(H,24,26)(H2,23,25,27). The number of carbonyl (C=O) groups is 2. The van der Waals surface area contributed by atoms with Crippen LogP contribution in [0.25, 0.3) is 0 Å². The fraction of sp³-hybridized carbons (Fsp3) is 0.333. The number of carbonyl (C=O) groups excluding carboxylic acids is 2. The Bertz CT molecular complexity index is 855. The molecule has 2 rings (SSSR count). The predicted molar refractivity (Wildman–Crippen MR) is 107 cm³/mol. The maximum Gasteiger partial charge on any atom is 0.319 e. The summed E-state index contributed by atoms with van der Waals surface area (Å²) in [6.07, 6.45) is 0.850. The van der Waals surface area contributed by atoms with Gasteiger partial charge < -0.3 is 20.7 Å². The fourth-order valence-corrected chi connectivity index (χ4v) is 2.52. The molecular weight excluding hydrogens is 361 g/mol. The van der Waals surface area contributed by atoms with Crippen molar-refractivity contribution in [2.24, 2.45) is 0 Å². The lowest BCUT2D eigenvalue weighted by atomic mass is 10.1. The Morgan fingerprint density at radius 2 is 1.93 bits per heavy atom. The molecule has 2 aromatic carbocycles. The van der Waals surface area contributed by atoms with Crippen LogP contribution in [0.5, 0.6) is 5.75 Å². The number of anilines is 1. The van der Waals surface area contributed by atoms with Gasteiger partial charge >= 0.3 is 6.03 Å². The van der Waals surface area contributed by atoms with Crippen molar-refractivity contribution in [1.29, 1.82) is 0 Å². The third kappa shape index (κ3) is 5.70. The van der Waals surface area contributed by atoms with Crippen LogP contribution in [0.4, 0.5) is 14.9 Å². The van der Waals surface area contributed by atoms with Crippen LogP contribution < -0.4 is 20.7 Å². The molecule has 28 heavy (non-hydrogen) atoms. The highest BCUT2D eigenvalue weighted by Crippen LogP contribution is 2.18. The highest BCUT2D eigenvalue weighted by atomic mass is 19.1. The molecule has 1 unspecified atom stereocenters. The summed E-state index contributed by atoms with van der Waals surface area (Å²) >= 11 is 0. The molecule has 0 aromatic heterocycles. The van der Waals surface area contributed by atoms with Crippen LogP contribution in [-0.4, -0.2) is 25.1 Å². The number of benzene rings is 2. The van der Waals surface area contributed by atoms with Crippen LogP contribution in [-0.2, 0) is 6.54 Å². The van der Waals surface area contributed by atoms with E-state index in [1.165, 1.54) is 19.2 Å². The summed E-state index contributed by atoms with van der Waals surface area (Å²) in [5.41, 5.74) is 2.51. The smallest absolute Gasteiger partial charge is 0.319 e. The van der Waals surface area contributed by atoms with Crippen LogP contribution in [0.3, 0.4) is 0 Å². The highest BCUT2D eigenvalue weighted by Gasteiger charge is 2.11. The summed E-state index contributed by atoms with van der Waals surface area (Å²) in [4.78, 5) is 24.3. The predicted octanol–water partition coefficient (Wildman–Crippen LogP) is 3.99. The van der Waals surface area contributed by atoms with Gasteiger partial charge in [0.2, 0.25) is 0 Å². The molecule has 0 fully saturated rings. The van der Waals surface area contributed by atoms with Gasteiger partial charge in [0.1, 0.15) is 0 Å². The second-order valence-corrected chi connectivity index (χ2v) is 6.59. The van der Waals surface area contributed by atoms with Gasteiger partial charge in [-0.1, -0.05) is 13.0 Å². The number of hydrogen-bond donors (Lipinski definition) is 3. The Morgan fingerprint density at radius 1 is 1.18 bits per heavy atom. The molecule has 0 aliphatic rings. The third-order valence-electron chi connectivity index (χ3n) is 4.40. The second kappa shape index (κ2) is 9.73. The van der Waals surface area contributed by atoms with Crippen molar-refractivity contribution in [2.75, 3.05) is 12.4 Å². The Balaban J connectivity index is 1.94. The number of amides is 3. The lowest BCUT2D eigenvalue weighted by molar-refractivity contribution is 0.0939. The zero-order valence-electron chi connectivity index (χ0n) is 16.6. The Kier molecular flexibility index (Phi) is 7.37. The average Bonchev–Trinajstić information content (AvgIpc) is 2.67. The summed E-state index contributed by atoms with van der Waals surface area (Å²) in [7, 11) is 1.39. The van der Waals surface area contributed by atoms with Gasteiger partial charge in [-0.15, -0.1) is 0 Å². The molecule has 7 heteroatoms. The quantitative estimate of drug-likeness (QED) is 0.672. The van der Waals surface area contributed by atoms with Gasteiger partial charge in [0, 0.05) is 23.8 Å². The van der Waals surface area contributed by atoms with Crippen molar-refractivity contribution >= 4 is 17.6 Å². The number of urea groups is 1. The molecule has 1 atom stereocenters. The normalized spacial score (nSPS) is 11.5. The second-order valence-electron chi connectivity index (χ2n) is 6.59. The number of ether oxygens (including phenoxy) is 1. The average molecular weight is 387 g/mol. The summed E-state index contributed by atoms with van der Waals surface area (Å²) in [5.74, 6) is -0.472. The Hall–Kier alpha value is -3.09. The van der Waals surface area contributed by atoms with E-state index < -0.39 is 11.8 Å². The van der Waals surface area contributed by atoms with Crippen LogP contribution in [0.2, 0.25) is 0 Å². The Labute approximate surface area is 164 Å². The van der Waals surface area contributed by atoms with Crippen molar-refractivity contribution in [2.45, 2.75) is 39.8 Å². The van der Waals surface area contributed by atoms with Crippen LogP contribution >= 0.6 is 0 Å². The van der Waals surface area contributed by atoms with E-state index in [4.69, 9.17) is 4.74 Å². The number of nitrogens with one attached hydrogen (secondary N) is 3. The minimum absolute atomic E-state index is 0.0965. The fourth-order valence-electron chi connectivity index (χ4n) is 2.52. The molecule has 0 aliphatic heterocycles. The summed E-state index contributed by atoms with van der Waals surface area (Å²) in [6.45, 7) is 5.93. The van der Waals surface area contributed by atoms with E-state index >= 15 is 0 Å². The van der Waals surface area contributed by atoms with Crippen molar-refractivity contribution in [3.8, 4) is 5.75 Å². The van der Waals surface area contributed by atoms with E-state index in [-0.39, 0.29) is 24.2 Å². The molecular formula is C21H26FN3O3. The summed E-state index contributed by atoms with van der Waals surface area (Å²) < 4.78 is 18.6. The lowest BCUT2D eigenvalue weighted by Crippen LogP contribution is -2.32. The van der Waals surface area contributed by atoms with Crippen molar-refractivity contribution in [3.05, 3.63) is 58.9 Å². The number of rotatable bonds is 7. The van der Waals surface area contributed by atoms with E-state index in [1.807, 2.05) is 20.8 Å². The van der Waals surface area contributed by atoms with E-state index in [0.29, 0.717) is 16.8 Å². The number of hydrogen-bond acceptors (Lipinski definition) is 3. The van der Waals surface area contributed by atoms with E-state index in [9.17, 15) is 14.0 Å². The van der Waals surface area contributed by atoms with Gasteiger partial charge in [0.25, 0.3) is 5.91 Å². The van der Waals surface area contributed by atoms with Gasteiger partial charge in [0.15, 0.2) is 11.6 Å². The zero-order chi connectivity index (χ0) is 20.7. The first kappa shape index (κ1) is 21.2. The summed E-state index contributed by atoms with van der Waals surface area (Å²) in [5, 5.41) is 8.32. The largest absolute Gasteiger partial charge is 0.494 e. The maximum atomic E-state index is 13.7. The minimum atomic E-state index is -0.482. The molecule has 3 amide bonds. The van der Waals surface area contributed by atoms with E-state index in [2.05, 4.69) is 16.0 Å². The summed E-state index contributed by atoms with van der Waals surface area (Å²) in [6, 6.07) is 9.26. The van der Waals surface area contributed by atoms with Gasteiger partial charge in [-0.2, -0.15) is 0 Å². The lowest BCUT2D eigenvalue weighted by Gasteiger charge is -2.14. The van der Waals surface area contributed by atoms with E-state index in [0.717, 1.165) is 12.0 Å². The zero-order valence-corrected chi connectivity index (χ0v) is 16.6. The first-order valence-electron chi connectivity index (χ1n) is 9.12. The molecule has 0 radical (unpaired) electrons.